The Hall–Kier alpha value is -4.11. The first-order chi connectivity index (χ1) is 17.3. The van der Waals surface area contributed by atoms with Crippen molar-refractivity contribution in [3.8, 4) is 5.75 Å². The van der Waals surface area contributed by atoms with Gasteiger partial charge >= 0.3 is 5.91 Å². The first kappa shape index (κ1) is 22.4. The van der Waals surface area contributed by atoms with E-state index in [4.69, 9.17) is 4.74 Å². The lowest BCUT2D eigenvalue weighted by Gasteiger charge is -2.23. The van der Waals surface area contributed by atoms with Crippen LogP contribution in [-0.2, 0) is 16.0 Å². The second-order valence-corrected chi connectivity index (χ2v) is 9.74. The summed E-state index contributed by atoms with van der Waals surface area (Å²) in [4.78, 5) is 32.1. The number of amides is 1. The van der Waals surface area contributed by atoms with Crippen LogP contribution in [-0.4, -0.2) is 28.4 Å². The number of aromatic nitrogens is 1. The molecule has 1 amide bonds. The highest BCUT2D eigenvalue weighted by Gasteiger charge is 2.48. The summed E-state index contributed by atoms with van der Waals surface area (Å²) in [6, 6.07) is 13.1. The van der Waals surface area contributed by atoms with Crippen molar-refractivity contribution in [3.63, 3.8) is 0 Å². The Labute approximate surface area is 208 Å². The van der Waals surface area contributed by atoms with Crippen LogP contribution in [0.25, 0.3) is 16.0 Å². The summed E-state index contributed by atoms with van der Waals surface area (Å²) in [6.45, 7) is 2.40. The minimum atomic E-state index is -1.01. The first-order valence-electron chi connectivity index (χ1n) is 11.2. The Morgan fingerprint density at radius 3 is 2.78 bits per heavy atom. The van der Waals surface area contributed by atoms with E-state index in [1.807, 2.05) is 13.0 Å². The van der Waals surface area contributed by atoms with E-state index in [0.29, 0.717) is 29.9 Å². The molecule has 1 fully saturated rings. The van der Waals surface area contributed by atoms with Crippen LogP contribution in [0.1, 0.15) is 28.3 Å². The molecule has 0 spiro atoms. The summed E-state index contributed by atoms with van der Waals surface area (Å²) < 4.78 is 33.9. The number of carbonyl (C=O) groups excluding carboxylic acids is 2. The normalized spacial score (nSPS) is 18.6. The molecule has 0 saturated carbocycles. The fourth-order valence-electron chi connectivity index (χ4n) is 4.72. The van der Waals surface area contributed by atoms with Gasteiger partial charge in [-0.25, -0.2) is 13.8 Å². The van der Waals surface area contributed by atoms with Crippen LogP contribution in [0.15, 0.2) is 60.2 Å². The van der Waals surface area contributed by atoms with Gasteiger partial charge in [-0.2, -0.15) is 0 Å². The minimum Gasteiger partial charge on any atom is -0.507 e. The number of hydrogen-bond acceptors (Lipinski definition) is 6. The number of benzene rings is 3. The van der Waals surface area contributed by atoms with Crippen molar-refractivity contribution in [3.05, 3.63) is 94.1 Å². The summed E-state index contributed by atoms with van der Waals surface area (Å²) in [5.74, 6) is -3.04. The van der Waals surface area contributed by atoms with Crippen molar-refractivity contribution in [1.82, 2.24) is 4.98 Å². The molecule has 1 N–H and O–H groups in total. The second-order valence-electron chi connectivity index (χ2n) is 8.73. The van der Waals surface area contributed by atoms with Gasteiger partial charge in [0.2, 0.25) is 0 Å². The van der Waals surface area contributed by atoms with Gasteiger partial charge in [0.25, 0.3) is 5.78 Å². The molecular weight excluding hydrogens is 486 g/mol. The van der Waals surface area contributed by atoms with Crippen LogP contribution >= 0.6 is 11.3 Å². The molecule has 1 atom stereocenters. The van der Waals surface area contributed by atoms with Gasteiger partial charge in [0.1, 0.15) is 22.8 Å². The predicted molar refractivity (Wildman–Crippen MR) is 131 cm³/mol. The molecule has 0 radical (unpaired) electrons. The number of halogens is 2. The maximum Gasteiger partial charge on any atom is 0.301 e. The summed E-state index contributed by atoms with van der Waals surface area (Å²) in [7, 11) is 0. The predicted octanol–water partition coefficient (Wildman–Crippen LogP) is 5.44. The summed E-state index contributed by atoms with van der Waals surface area (Å²) in [5, 5.41) is 11.4. The lowest BCUT2D eigenvalue weighted by Crippen LogP contribution is -2.29. The monoisotopic (exact) mass is 504 g/mol. The number of ketones is 1. The first-order valence-corrected chi connectivity index (χ1v) is 12.0. The van der Waals surface area contributed by atoms with E-state index in [1.165, 1.54) is 0 Å². The summed E-state index contributed by atoms with van der Waals surface area (Å²) in [6.07, 6.45) is 0.667. The highest BCUT2D eigenvalue weighted by molar-refractivity contribution is 7.22. The zero-order chi connectivity index (χ0) is 25.1. The van der Waals surface area contributed by atoms with Gasteiger partial charge < -0.3 is 9.84 Å². The van der Waals surface area contributed by atoms with E-state index in [1.54, 1.807) is 36.4 Å². The van der Waals surface area contributed by atoms with E-state index in [-0.39, 0.29) is 26.7 Å². The molecule has 3 heterocycles. The molecule has 1 aromatic heterocycles. The maximum atomic E-state index is 14.4. The topological polar surface area (TPSA) is 79.7 Å². The molecule has 2 aliphatic heterocycles. The molecule has 1 saturated heterocycles. The molecule has 3 aromatic carbocycles. The number of ether oxygens (including phenoxy) is 1. The van der Waals surface area contributed by atoms with Crippen LogP contribution in [0.3, 0.4) is 0 Å². The van der Waals surface area contributed by atoms with Crippen LogP contribution < -0.4 is 9.64 Å². The largest absolute Gasteiger partial charge is 0.507 e. The van der Waals surface area contributed by atoms with Crippen molar-refractivity contribution < 1.29 is 28.2 Å². The van der Waals surface area contributed by atoms with Crippen molar-refractivity contribution >= 4 is 44.1 Å². The SMILES string of the molecule is Cc1cccc(C2/C(=C(\O)c3ccc4c(c3)CCO4)C(=O)C(=O)N2c2nc3c(F)cc(F)cc3s2)c1. The van der Waals surface area contributed by atoms with Crippen LogP contribution in [0, 0.1) is 18.6 Å². The molecule has 1 unspecified atom stereocenters. The Balaban J connectivity index is 1.57. The van der Waals surface area contributed by atoms with Crippen molar-refractivity contribution in [2.45, 2.75) is 19.4 Å². The number of aliphatic hydroxyl groups is 1. The molecule has 2 aliphatic rings. The third kappa shape index (κ3) is 3.46. The summed E-state index contributed by atoms with van der Waals surface area (Å²) >= 11 is 0.898. The lowest BCUT2D eigenvalue weighted by molar-refractivity contribution is -0.132. The van der Waals surface area contributed by atoms with Gasteiger partial charge in [-0.1, -0.05) is 41.2 Å². The van der Waals surface area contributed by atoms with Gasteiger partial charge in [-0.3, -0.25) is 14.5 Å². The fraction of sp³-hybridized carbons (Fsp3) is 0.148. The summed E-state index contributed by atoms with van der Waals surface area (Å²) in [5.41, 5.74) is 2.53. The maximum absolute atomic E-state index is 14.4. The van der Waals surface area contributed by atoms with Crippen molar-refractivity contribution in [2.24, 2.45) is 0 Å². The van der Waals surface area contributed by atoms with E-state index in [9.17, 15) is 23.5 Å². The molecule has 9 heteroatoms. The minimum absolute atomic E-state index is 0.0320. The van der Waals surface area contributed by atoms with Gasteiger partial charge in [-0.15, -0.1) is 0 Å². The number of Topliss-reactive ketones (excluding diaryl/α,β-unsaturated/α-hetero) is 1. The Bertz CT molecular complexity index is 1630. The zero-order valence-electron chi connectivity index (χ0n) is 18.9. The van der Waals surface area contributed by atoms with Gasteiger partial charge in [0, 0.05) is 18.1 Å². The molecular formula is C27H18F2N2O4S. The number of thiazole rings is 1. The van der Waals surface area contributed by atoms with Gasteiger partial charge in [-0.05, 0) is 42.3 Å². The smallest absolute Gasteiger partial charge is 0.301 e. The highest BCUT2D eigenvalue weighted by atomic mass is 32.1. The van der Waals surface area contributed by atoms with Crippen molar-refractivity contribution in [1.29, 1.82) is 0 Å². The van der Waals surface area contributed by atoms with E-state index >= 15 is 0 Å². The number of hydrogen-bond donors (Lipinski definition) is 1. The second kappa shape index (κ2) is 8.23. The zero-order valence-corrected chi connectivity index (χ0v) is 19.7. The van der Waals surface area contributed by atoms with Crippen LogP contribution in [0.4, 0.5) is 13.9 Å². The molecule has 36 heavy (non-hydrogen) atoms. The molecule has 4 aromatic rings. The standard InChI is InChI=1S/C27H18F2N2O4S/c1-13-3-2-4-15(9-13)23-21(24(32)16-5-6-19-14(10-16)7-8-35-19)25(33)26(34)31(23)27-30-22-18(29)11-17(28)12-20(22)36-27/h2-6,9-12,23,32H,7-8H2,1H3/b24-21+. The third-order valence-corrected chi connectivity index (χ3v) is 7.37. The third-order valence-electron chi connectivity index (χ3n) is 6.37. The number of fused-ring (bicyclic) bond motifs is 2. The molecule has 180 valence electrons. The number of carbonyl (C=O) groups is 2. The average Bonchev–Trinajstić information content (AvgIpc) is 3.55. The molecule has 6 rings (SSSR count). The Morgan fingerprint density at radius 1 is 1.14 bits per heavy atom. The quantitative estimate of drug-likeness (QED) is 0.228. The Kier molecular flexibility index (Phi) is 5.11. The highest BCUT2D eigenvalue weighted by Crippen LogP contribution is 2.45. The molecule has 0 bridgehead atoms. The number of rotatable bonds is 3. The van der Waals surface area contributed by atoms with Crippen LogP contribution in [0.5, 0.6) is 5.75 Å². The van der Waals surface area contributed by atoms with E-state index in [0.717, 1.165) is 39.5 Å². The number of nitrogens with zero attached hydrogens (tertiary/aromatic N) is 2. The fourth-order valence-corrected chi connectivity index (χ4v) is 5.75. The number of anilines is 1. The lowest BCUT2D eigenvalue weighted by atomic mass is 9.94. The van der Waals surface area contributed by atoms with Crippen LogP contribution in [0.2, 0.25) is 0 Å². The average molecular weight is 505 g/mol. The van der Waals surface area contributed by atoms with Gasteiger partial charge in [0.15, 0.2) is 10.9 Å². The molecule has 6 nitrogen and oxygen atoms in total. The van der Waals surface area contributed by atoms with Gasteiger partial charge in [0.05, 0.1) is 22.9 Å². The Morgan fingerprint density at radius 2 is 1.97 bits per heavy atom. The number of aryl methyl sites for hydroxylation is 1. The number of aliphatic hydroxyl groups excluding tert-OH is 1. The molecule has 0 aliphatic carbocycles. The van der Waals surface area contributed by atoms with E-state index < -0.39 is 29.4 Å². The van der Waals surface area contributed by atoms with E-state index in [2.05, 4.69) is 4.98 Å². The van der Waals surface area contributed by atoms with Crippen molar-refractivity contribution in [2.75, 3.05) is 11.5 Å².